The molecule has 28 heavy (non-hydrogen) atoms. The summed E-state index contributed by atoms with van der Waals surface area (Å²) in [6.07, 6.45) is 0. The number of hydrogen-bond donors (Lipinski definition) is 2. The Kier molecular flexibility index (Phi) is 3.94. The van der Waals surface area contributed by atoms with Gasteiger partial charge in [-0.1, -0.05) is 0 Å². The largest absolute Gasteiger partial charge is 0.497 e. The molecule has 2 aromatic heterocycles. The smallest absolute Gasteiger partial charge is 0.174 e. The third-order valence-corrected chi connectivity index (χ3v) is 5.41. The molecule has 1 saturated heterocycles. The first-order valence-electron chi connectivity index (χ1n) is 9.28. The average Bonchev–Trinajstić information content (AvgIpc) is 3.33. The van der Waals surface area contributed by atoms with Crippen molar-refractivity contribution >= 4 is 27.6 Å². The molecule has 2 aromatic carbocycles. The van der Waals surface area contributed by atoms with Gasteiger partial charge < -0.3 is 19.5 Å². The van der Waals surface area contributed by atoms with Crippen molar-refractivity contribution in [1.82, 2.24) is 25.1 Å². The third kappa shape index (κ3) is 2.68. The van der Waals surface area contributed by atoms with Gasteiger partial charge in [0.2, 0.25) is 0 Å². The SMILES string of the molecule is COc1ccc2[nH]nc(-c3nc4c(F)c(N5CCN(C)CC5)ccc4[nH]3)c2c1. The number of anilines is 1. The number of methoxy groups -OCH3 is 1. The Hall–Kier alpha value is -3.13. The number of piperazine rings is 1. The molecule has 0 atom stereocenters. The van der Waals surface area contributed by atoms with Crippen molar-refractivity contribution in [2.24, 2.45) is 0 Å². The molecule has 1 aliphatic rings. The summed E-state index contributed by atoms with van der Waals surface area (Å²) in [7, 11) is 3.71. The van der Waals surface area contributed by atoms with Crippen LogP contribution in [0.2, 0.25) is 0 Å². The zero-order chi connectivity index (χ0) is 19.3. The van der Waals surface area contributed by atoms with E-state index in [-0.39, 0.29) is 5.82 Å². The summed E-state index contributed by atoms with van der Waals surface area (Å²) in [5.41, 5.74) is 3.11. The Morgan fingerprint density at radius 1 is 1.07 bits per heavy atom. The van der Waals surface area contributed by atoms with Gasteiger partial charge in [-0.05, 0) is 37.4 Å². The number of ether oxygens (including phenoxy) is 1. The molecule has 3 heterocycles. The Balaban J connectivity index is 1.58. The van der Waals surface area contributed by atoms with Gasteiger partial charge in [0.05, 0.1) is 23.8 Å². The molecule has 0 amide bonds. The molecular formula is C20H21FN6O. The topological polar surface area (TPSA) is 73.1 Å². The zero-order valence-corrected chi connectivity index (χ0v) is 15.8. The number of rotatable bonds is 3. The van der Waals surface area contributed by atoms with Gasteiger partial charge >= 0.3 is 0 Å². The molecule has 2 N–H and O–H groups in total. The van der Waals surface area contributed by atoms with Gasteiger partial charge in [-0.3, -0.25) is 5.10 Å². The lowest BCUT2D eigenvalue weighted by Gasteiger charge is -2.34. The first-order chi connectivity index (χ1) is 13.6. The molecule has 0 spiro atoms. The predicted octanol–water partition coefficient (Wildman–Crippen LogP) is 3.01. The van der Waals surface area contributed by atoms with Crippen LogP contribution in [0.5, 0.6) is 5.75 Å². The molecule has 4 aromatic rings. The number of imidazole rings is 1. The van der Waals surface area contributed by atoms with Crippen molar-refractivity contribution in [3.63, 3.8) is 0 Å². The van der Waals surface area contributed by atoms with E-state index in [1.165, 1.54) is 0 Å². The summed E-state index contributed by atoms with van der Waals surface area (Å²) in [4.78, 5) is 12.1. The zero-order valence-electron chi connectivity index (χ0n) is 15.8. The van der Waals surface area contributed by atoms with E-state index in [1.54, 1.807) is 7.11 Å². The fraction of sp³-hybridized carbons (Fsp3) is 0.300. The fourth-order valence-corrected chi connectivity index (χ4v) is 3.74. The second kappa shape index (κ2) is 6.49. The van der Waals surface area contributed by atoms with E-state index in [9.17, 15) is 0 Å². The highest BCUT2D eigenvalue weighted by Crippen LogP contribution is 2.32. The van der Waals surface area contributed by atoms with Gasteiger partial charge in [-0.15, -0.1) is 0 Å². The van der Waals surface area contributed by atoms with E-state index in [0.717, 1.165) is 42.8 Å². The van der Waals surface area contributed by atoms with Gasteiger partial charge in [0.15, 0.2) is 11.6 Å². The minimum absolute atomic E-state index is 0.290. The molecule has 0 saturated carbocycles. The van der Waals surface area contributed by atoms with Crippen molar-refractivity contribution in [1.29, 1.82) is 0 Å². The van der Waals surface area contributed by atoms with Crippen LogP contribution in [0.4, 0.5) is 10.1 Å². The molecule has 0 bridgehead atoms. The number of nitrogens with zero attached hydrogens (tertiary/aromatic N) is 4. The standard InChI is InChI=1S/C20H21FN6O/c1-26-7-9-27(10-8-26)16-6-5-15-19(17(16)21)23-20(22-15)18-13-11-12(28-2)3-4-14(13)24-25-18/h3-6,11H,7-10H2,1-2H3,(H,22,23)(H,24,25). The highest BCUT2D eigenvalue weighted by atomic mass is 19.1. The number of nitrogens with one attached hydrogen (secondary N) is 2. The molecule has 144 valence electrons. The van der Waals surface area contributed by atoms with Crippen LogP contribution in [0.3, 0.4) is 0 Å². The number of likely N-dealkylation sites (N-methyl/N-ethyl adjacent to an activating group) is 1. The van der Waals surface area contributed by atoms with Gasteiger partial charge in [0.1, 0.15) is 17.0 Å². The summed E-state index contributed by atoms with van der Waals surface area (Å²) in [5.74, 6) is 0.973. The number of hydrogen-bond acceptors (Lipinski definition) is 5. The number of benzene rings is 2. The molecule has 1 fully saturated rings. The van der Waals surface area contributed by atoms with Crippen LogP contribution in [-0.2, 0) is 0 Å². The summed E-state index contributed by atoms with van der Waals surface area (Å²) in [6.45, 7) is 3.45. The first kappa shape index (κ1) is 17.0. The quantitative estimate of drug-likeness (QED) is 0.572. The van der Waals surface area contributed by atoms with E-state index < -0.39 is 0 Å². The number of H-pyrrole nitrogens is 2. The second-order valence-corrected chi connectivity index (χ2v) is 7.15. The molecule has 0 radical (unpaired) electrons. The molecular weight excluding hydrogens is 359 g/mol. The lowest BCUT2D eigenvalue weighted by Crippen LogP contribution is -2.44. The molecule has 8 heteroatoms. The number of aromatic nitrogens is 4. The lowest BCUT2D eigenvalue weighted by molar-refractivity contribution is 0.312. The number of aromatic amines is 2. The van der Waals surface area contributed by atoms with Gasteiger partial charge in [0.25, 0.3) is 0 Å². The maximum Gasteiger partial charge on any atom is 0.174 e. The minimum atomic E-state index is -0.290. The Labute approximate surface area is 161 Å². The first-order valence-corrected chi connectivity index (χ1v) is 9.28. The molecule has 0 aliphatic carbocycles. The van der Waals surface area contributed by atoms with Gasteiger partial charge in [-0.25, -0.2) is 9.37 Å². The second-order valence-electron chi connectivity index (χ2n) is 7.15. The normalized spacial score (nSPS) is 15.6. The molecule has 5 rings (SSSR count). The predicted molar refractivity (Wildman–Crippen MR) is 107 cm³/mol. The number of halogens is 1. The van der Waals surface area contributed by atoms with E-state index in [2.05, 4.69) is 37.0 Å². The van der Waals surface area contributed by atoms with Crippen LogP contribution in [0.1, 0.15) is 0 Å². The van der Waals surface area contributed by atoms with E-state index in [4.69, 9.17) is 4.74 Å². The lowest BCUT2D eigenvalue weighted by atomic mass is 10.2. The summed E-state index contributed by atoms with van der Waals surface area (Å²) in [6, 6.07) is 9.38. The highest BCUT2D eigenvalue weighted by molar-refractivity contribution is 5.94. The summed E-state index contributed by atoms with van der Waals surface area (Å²) in [5, 5.41) is 8.24. The van der Waals surface area contributed by atoms with E-state index in [1.807, 2.05) is 30.3 Å². The van der Waals surface area contributed by atoms with Crippen LogP contribution in [0.25, 0.3) is 33.5 Å². The van der Waals surface area contributed by atoms with E-state index in [0.29, 0.717) is 28.2 Å². The number of fused-ring (bicyclic) bond motifs is 2. The maximum atomic E-state index is 15.3. The summed E-state index contributed by atoms with van der Waals surface area (Å²) >= 11 is 0. The monoisotopic (exact) mass is 380 g/mol. The highest BCUT2D eigenvalue weighted by Gasteiger charge is 2.21. The van der Waals surface area contributed by atoms with Crippen molar-refractivity contribution in [3.05, 3.63) is 36.1 Å². The van der Waals surface area contributed by atoms with Gasteiger partial charge in [0, 0.05) is 31.6 Å². The average molecular weight is 380 g/mol. The molecule has 0 unspecified atom stereocenters. The van der Waals surface area contributed by atoms with Crippen LogP contribution in [-0.4, -0.2) is 65.4 Å². The van der Waals surface area contributed by atoms with Crippen LogP contribution < -0.4 is 9.64 Å². The maximum absolute atomic E-state index is 15.3. The Bertz CT molecular complexity index is 1160. The minimum Gasteiger partial charge on any atom is -0.497 e. The van der Waals surface area contributed by atoms with Crippen LogP contribution in [0.15, 0.2) is 30.3 Å². The van der Waals surface area contributed by atoms with Crippen molar-refractivity contribution < 1.29 is 9.13 Å². The van der Waals surface area contributed by atoms with Gasteiger partial charge in [-0.2, -0.15) is 5.10 Å². The van der Waals surface area contributed by atoms with Crippen molar-refractivity contribution in [2.45, 2.75) is 0 Å². The van der Waals surface area contributed by atoms with Crippen LogP contribution in [0, 0.1) is 5.82 Å². The van der Waals surface area contributed by atoms with Crippen LogP contribution >= 0.6 is 0 Å². The van der Waals surface area contributed by atoms with Crippen molar-refractivity contribution in [2.75, 3.05) is 45.2 Å². The Morgan fingerprint density at radius 2 is 1.86 bits per heavy atom. The third-order valence-electron chi connectivity index (χ3n) is 5.41. The molecule has 1 aliphatic heterocycles. The van der Waals surface area contributed by atoms with Crippen molar-refractivity contribution in [3.8, 4) is 17.3 Å². The van der Waals surface area contributed by atoms with E-state index >= 15 is 4.39 Å². The Morgan fingerprint density at radius 3 is 2.64 bits per heavy atom. The summed E-state index contributed by atoms with van der Waals surface area (Å²) < 4.78 is 20.6. The molecule has 7 nitrogen and oxygen atoms in total. The fourth-order valence-electron chi connectivity index (χ4n) is 3.74.